The van der Waals surface area contributed by atoms with Gasteiger partial charge in [-0.1, -0.05) is 35.9 Å². The van der Waals surface area contributed by atoms with Gasteiger partial charge in [0.2, 0.25) is 10.0 Å². The molecule has 3 N–H and O–H groups in total. The number of nitrogens with two attached hydrogens (primary N) is 1. The van der Waals surface area contributed by atoms with Gasteiger partial charge in [0.05, 0.1) is 10.4 Å². The lowest BCUT2D eigenvalue weighted by Crippen LogP contribution is -2.19. The smallest absolute Gasteiger partial charge is 0.238 e. The van der Waals surface area contributed by atoms with Gasteiger partial charge < -0.3 is 5.32 Å². The molecule has 0 aliphatic carbocycles. The van der Waals surface area contributed by atoms with E-state index in [1.54, 1.807) is 12.1 Å². The van der Waals surface area contributed by atoms with Crippen molar-refractivity contribution >= 4 is 32.5 Å². The predicted molar refractivity (Wildman–Crippen MR) is 109 cm³/mol. The Balaban J connectivity index is 1.78. The number of pyridine rings is 1. The number of nitrogens with one attached hydrogen (secondary N) is 1. The first-order valence-corrected chi connectivity index (χ1v) is 10.5. The summed E-state index contributed by atoms with van der Waals surface area (Å²) in [5.74, 6) is 0. The first kappa shape index (κ1) is 19.8. The van der Waals surface area contributed by atoms with Gasteiger partial charge in [0.25, 0.3) is 0 Å². The third-order valence-corrected chi connectivity index (χ3v) is 6.10. The zero-order valence-corrected chi connectivity index (χ0v) is 17.0. The molecular formula is C20H22ClN3O2S. The fraction of sp³-hybridized carbons (Fsp3) is 0.250. The van der Waals surface area contributed by atoms with Crippen LogP contribution in [0, 0.1) is 13.8 Å². The van der Waals surface area contributed by atoms with Crippen LogP contribution in [-0.2, 0) is 16.6 Å². The molecule has 0 aliphatic rings. The Labute approximate surface area is 164 Å². The van der Waals surface area contributed by atoms with Crippen molar-refractivity contribution in [2.75, 3.05) is 0 Å². The van der Waals surface area contributed by atoms with Gasteiger partial charge >= 0.3 is 0 Å². The molecule has 0 radical (unpaired) electrons. The number of aromatic nitrogens is 1. The molecule has 1 atom stereocenters. The minimum absolute atomic E-state index is 0.00560. The fourth-order valence-electron chi connectivity index (χ4n) is 2.96. The monoisotopic (exact) mass is 403 g/mol. The standard InChI is InChI=1S/C20H22ClN3O2S/c1-12-4-5-16-10-17(20(21)24-19(16)13(12)2)11-23-14(3)15-6-8-18(9-7-15)27(22,25)26/h4-10,14,23H,11H2,1-3H3,(H2,22,25,26)/t14-/m0/s1. The summed E-state index contributed by atoms with van der Waals surface area (Å²) in [7, 11) is -3.68. The largest absolute Gasteiger partial charge is 0.306 e. The molecule has 0 bridgehead atoms. The Morgan fingerprint density at radius 1 is 1.15 bits per heavy atom. The van der Waals surface area contributed by atoms with Crippen LogP contribution in [0.15, 0.2) is 47.4 Å². The molecular weight excluding hydrogens is 382 g/mol. The molecule has 2 aromatic carbocycles. The molecule has 1 heterocycles. The average molecular weight is 404 g/mol. The van der Waals surface area contributed by atoms with Crippen molar-refractivity contribution in [3.05, 3.63) is 69.9 Å². The zero-order chi connectivity index (χ0) is 19.8. The van der Waals surface area contributed by atoms with Crippen LogP contribution in [-0.4, -0.2) is 13.4 Å². The molecule has 0 unspecified atom stereocenters. The number of benzene rings is 2. The van der Waals surface area contributed by atoms with Crippen LogP contribution >= 0.6 is 11.6 Å². The van der Waals surface area contributed by atoms with E-state index < -0.39 is 10.0 Å². The van der Waals surface area contributed by atoms with Crippen LogP contribution in [0.2, 0.25) is 5.15 Å². The summed E-state index contributed by atoms with van der Waals surface area (Å²) in [5, 5.41) is 10.1. The van der Waals surface area contributed by atoms with Crippen molar-refractivity contribution in [3.63, 3.8) is 0 Å². The van der Waals surface area contributed by atoms with E-state index in [0.717, 1.165) is 27.6 Å². The summed E-state index contributed by atoms with van der Waals surface area (Å²) in [6.07, 6.45) is 0. The molecule has 5 nitrogen and oxygen atoms in total. The number of hydrogen-bond acceptors (Lipinski definition) is 4. The normalized spacial score (nSPS) is 13.1. The van der Waals surface area contributed by atoms with Gasteiger partial charge in [-0.05, 0) is 55.7 Å². The molecule has 3 rings (SSSR count). The van der Waals surface area contributed by atoms with Crippen molar-refractivity contribution in [2.45, 2.75) is 38.3 Å². The Bertz CT molecular complexity index is 1100. The van der Waals surface area contributed by atoms with Crippen LogP contribution in [0.1, 0.15) is 35.2 Å². The van der Waals surface area contributed by atoms with Crippen LogP contribution in [0.3, 0.4) is 0 Å². The van der Waals surface area contributed by atoms with Gasteiger partial charge in [0, 0.05) is 23.5 Å². The molecule has 1 aromatic heterocycles. The highest BCUT2D eigenvalue weighted by Crippen LogP contribution is 2.25. The minimum atomic E-state index is -3.68. The third-order valence-electron chi connectivity index (χ3n) is 4.85. The lowest BCUT2D eigenvalue weighted by molar-refractivity contribution is 0.573. The maximum atomic E-state index is 11.4. The molecule has 0 spiro atoms. The second kappa shape index (κ2) is 7.56. The minimum Gasteiger partial charge on any atom is -0.306 e. The Morgan fingerprint density at radius 2 is 1.81 bits per heavy atom. The molecule has 0 amide bonds. The van der Waals surface area contributed by atoms with E-state index in [9.17, 15) is 8.42 Å². The van der Waals surface area contributed by atoms with Gasteiger partial charge in [-0.2, -0.15) is 0 Å². The maximum absolute atomic E-state index is 11.4. The first-order chi connectivity index (χ1) is 12.7. The summed E-state index contributed by atoms with van der Waals surface area (Å²) in [5.41, 5.74) is 5.13. The molecule has 0 aliphatic heterocycles. The van der Waals surface area contributed by atoms with E-state index in [1.165, 1.54) is 17.7 Å². The topological polar surface area (TPSA) is 85.1 Å². The average Bonchev–Trinajstić information content (AvgIpc) is 2.63. The highest BCUT2D eigenvalue weighted by molar-refractivity contribution is 7.89. The second-order valence-corrected chi connectivity index (χ2v) is 8.65. The van der Waals surface area contributed by atoms with Crippen LogP contribution in [0.25, 0.3) is 10.9 Å². The van der Waals surface area contributed by atoms with Gasteiger partial charge in [0.15, 0.2) is 0 Å². The van der Waals surface area contributed by atoms with Crippen molar-refractivity contribution in [1.82, 2.24) is 10.3 Å². The summed E-state index contributed by atoms with van der Waals surface area (Å²) >= 11 is 6.40. The zero-order valence-electron chi connectivity index (χ0n) is 15.5. The summed E-state index contributed by atoms with van der Waals surface area (Å²) in [6.45, 7) is 6.66. The van der Waals surface area contributed by atoms with Gasteiger partial charge in [0.1, 0.15) is 5.15 Å². The predicted octanol–water partition coefficient (Wildman–Crippen LogP) is 4.00. The number of halogens is 1. The number of rotatable bonds is 5. The van der Waals surface area contributed by atoms with Gasteiger partial charge in [-0.25, -0.2) is 18.5 Å². The number of nitrogens with zero attached hydrogens (tertiary/aromatic N) is 1. The van der Waals surface area contributed by atoms with Crippen molar-refractivity contribution in [1.29, 1.82) is 0 Å². The van der Waals surface area contributed by atoms with E-state index in [1.807, 2.05) is 13.8 Å². The summed E-state index contributed by atoms with van der Waals surface area (Å²) in [4.78, 5) is 4.67. The molecule has 7 heteroatoms. The van der Waals surface area contributed by atoms with E-state index in [0.29, 0.717) is 11.7 Å². The maximum Gasteiger partial charge on any atom is 0.238 e. The summed E-state index contributed by atoms with van der Waals surface area (Å²) < 4.78 is 22.7. The third kappa shape index (κ3) is 4.30. The lowest BCUT2D eigenvalue weighted by Gasteiger charge is -2.16. The Hall–Kier alpha value is -1.99. The van der Waals surface area contributed by atoms with Gasteiger partial charge in [-0.3, -0.25) is 0 Å². The number of hydrogen-bond donors (Lipinski definition) is 2. The van der Waals surface area contributed by atoms with Gasteiger partial charge in [-0.15, -0.1) is 0 Å². The molecule has 0 saturated carbocycles. The second-order valence-electron chi connectivity index (χ2n) is 6.73. The highest BCUT2D eigenvalue weighted by Gasteiger charge is 2.12. The molecule has 142 valence electrons. The number of sulfonamides is 1. The molecule has 0 saturated heterocycles. The van der Waals surface area contributed by atoms with E-state index in [2.05, 4.69) is 35.4 Å². The van der Waals surface area contributed by atoms with Crippen molar-refractivity contribution in [2.24, 2.45) is 5.14 Å². The summed E-state index contributed by atoms with van der Waals surface area (Å²) in [6, 6.07) is 12.7. The molecule has 0 fully saturated rings. The van der Waals surface area contributed by atoms with E-state index in [4.69, 9.17) is 16.7 Å². The van der Waals surface area contributed by atoms with Crippen molar-refractivity contribution < 1.29 is 8.42 Å². The van der Waals surface area contributed by atoms with Crippen LogP contribution in [0.4, 0.5) is 0 Å². The quantitative estimate of drug-likeness (QED) is 0.630. The van der Waals surface area contributed by atoms with Crippen LogP contribution in [0.5, 0.6) is 0 Å². The Kier molecular flexibility index (Phi) is 5.53. The SMILES string of the molecule is Cc1ccc2cc(CN[C@@H](C)c3ccc(S(N)(=O)=O)cc3)c(Cl)nc2c1C. The number of aryl methyl sites for hydroxylation is 2. The van der Waals surface area contributed by atoms with Crippen molar-refractivity contribution in [3.8, 4) is 0 Å². The number of primary sulfonamides is 1. The lowest BCUT2D eigenvalue weighted by atomic mass is 10.0. The highest BCUT2D eigenvalue weighted by atomic mass is 35.5. The van der Waals surface area contributed by atoms with Crippen LogP contribution < -0.4 is 10.5 Å². The first-order valence-electron chi connectivity index (χ1n) is 8.58. The molecule has 27 heavy (non-hydrogen) atoms. The van der Waals surface area contributed by atoms with E-state index >= 15 is 0 Å². The Morgan fingerprint density at radius 3 is 2.44 bits per heavy atom. The molecule has 3 aromatic rings. The number of fused-ring (bicyclic) bond motifs is 1. The fourth-order valence-corrected chi connectivity index (χ4v) is 3.68. The van der Waals surface area contributed by atoms with E-state index in [-0.39, 0.29) is 10.9 Å².